The van der Waals surface area contributed by atoms with Gasteiger partial charge in [-0.2, -0.15) is 9.36 Å². The summed E-state index contributed by atoms with van der Waals surface area (Å²) in [7, 11) is 1.27. The van der Waals surface area contributed by atoms with Gasteiger partial charge in [-0.25, -0.2) is 9.59 Å². The number of nitrogens with one attached hydrogen (secondary N) is 1. The van der Waals surface area contributed by atoms with E-state index >= 15 is 0 Å². The number of hydrogen-bond acceptors (Lipinski definition) is 6. The number of hydrogen-bond donors (Lipinski definition) is 1. The standard InChI is InChI=1S/C13H18N4O3S/c1-13-5-3-4-8(13)6-17(7-13)12(19)15-11-14-9(16-21-11)10(18)20-2/h8H,3-7H2,1-2H3,(H,14,15,16,19). The summed E-state index contributed by atoms with van der Waals surface area (Å²) in [6.45, 7) is 3.84. The molecule has 2 aliphatic rings. The van der Waals surface area contributed by atoms with Gasteiger partial charge in [0.25, 0.3) is 5.82 Å². The molecule has 2 amide bonds. The van der Waals surface area contributed by atoms with Gasteiger partial charge >= 0.3 is 12.0 Å². The van der Waals surface area contributed by atoms with Crippen LogP contribution >= 0.6 is 11.5 Å². The number of aromatic nitrogens is 2. The number of carbonyl (C=O) groups excluding carboxylic acids is 2. The number of methoxy groups -OCH3 is 1. The molecule has 1 aliphatic carbocycles. The van der Waals surface area contributed by atoms with E-state index in [1.165, 1.54) is 26.4 Å². The van der Waals surface area contributed by atoms with E-state index in [4.69, 9.17) is 0 Å². The van der Waals surface area contributed by atoms with Gasteiger partial charge in [0.15, 0.2) is 0 Å². The molecule has 2 unspecified atom stereocenters. The first-order valence-corrected chi connectivity index (χ1v) is 7.77. The van der Waals surface area contributed by atoms with Crippen molar-refractivity contribution < 1.29 is 14.3 Å². The number of urea groups is 1. The van der Waals surface area contributed by atoms with Crippen molar-refractivity contribution in [1.82, 2.24) is 14.3 Å². The van der Waals surface area contributed by atoms with Crippen LogP contribution in [-0.2, 0) is 4.74 Å². The normalized spacial score (nSPS) is 27.5. The van der Waals surface area contributed by atoms with Gasteiger partial charge in [0.05, 0.1) is 7.11 Å². The second-order valence-electron chi connectivity index (χ2n) is 5.97. The molecule has 0 spiro atoms. The summed E-state index contributed by atoms with van der Waals surface area (Å²) in [6.07, 6.45) is 3.65. The lowest BCUT2D eigenvalue weighted by atomic mass is 9.83. The van der Waals surface area contributed by atoms with Crippen LogP contribution in [0.15, 0.2) is 0 Å². The number of carbonyl (C=O) groups is 2. The quantitative estimate of drug-likeness (QED) is 0.844. The third-order valence-electron chi connectivity index (χ3n) is 4.57. The first-order chi connectivity index (χ1) is 10.0. The van der Waals surface area contributed by atoms with Crippen LogP contribution in [0, 0.1) is 11.3 Å². The van der Waals surface area contributed by atoms with E-state index in [0.717, 1.165) is 24.6 Å². The fourth-order valence-electron chi connectivity index (χ4n) is 3.37. The predicted octanol–water partition coefficient (Wildman–Crippen LogP) is 1.98. The lowest BCUT2D eigenvalue weighted by Crippen LogP contribution is -2.34. The van der Waals surface area contributed by atoms with Crippen LogP contribution in [0.1, 0.15) is 36.8 Å². The topological polar surface area (TPSA) is 84.4 Å². The maximum absolute atomic E-state index is 12.3. The molecule has 8 heteroatoms. The maximum Gasteiger partial charge on any atom is 0.377 e. The number of rotatable bonds is 2. The summed E-state index contributed by atoms with van der Waals surface area (Å²) >= 11 is 0.980. The first kappa shape index (κ1) is 14.2. The van der Waals surface area contributed by atoms with E-state index < -0.39 is 5.97 Å². The highest BCUT2D eigenvalue weighted by atomic mass is 32.1. The summed E-state index contributed by atoms with van der Waals surface area (Å²) < 4.78 is 8.40. The van der Waals surface area contributed by atoms with Gasteiger partial charge in [-0.3, -0.25) is 5.32 Å². The first-order valence-electron chi connectivity index (χ1n) is 7.00. The lowest BCUT2D eigenvalue weighted by Gasteiger charge is -2.22. The smallest absolute Gasteiger partial charge is 0.377 e. The monoisotopic (exact) mass is 310 g/mol. The van der Waals surface area contributed by atoms with Crippen molar-refractivity contribution in [1.29, 1.82) is 0 Å². The zero-order chi connectivity index (χ0) is 15.0. The third kappa shape index (κ3) is 2.59. The summed E-state index contributed by atoms with van der Waals surface area (Å²) in [5.74, 6) is -0.0266. The van der Waals surface area contributed by atoms with Crippen molar-refractivity contribution in [3.63, 3.8) is 0 Å². The Morgan fingerprint density at radius 2 is 2.33 bits per heavy atom. The molecule has 1 saturated heterocycles. The lowest BCUT2D eigenvalue weighted by molar-refractivity contribution is 0.0588. The number of likely N-dealkylation sites (tertiary alicyclic amines) is 1. The van der Waals surface area contributed by atoms with Crippen LogP contribution in [-0.4, -0.2) is 46.5 Å². The van der Waals surface area contributed by atoms with Gasteiger partial charge in [-0.1, -0.05) is 13.3 Å². The van der Waals surface area contributed by atoms with Gasteiger partial charge in [-0.15, -0.1) is 0 Å². The molecule has 2 atom stereocenters. The van der Waals surface area contributed by atoms with Crippen molar-refractivity contribution in [2.24, 2.45) is 11.3 Å². The summed E-state index contributed by atoms with van der Waals surface area (Å²) in [5, 5.41) is 3.04. The second kappa shape index (κ2) is 5.25. The van der Waals surface area contributed by atoms with E-state index in [1.54, 1.807) is 0 Å². The van der Waals surface area contributed by atoms with Crippen LogP contribution in [0.5, 0.6) is 0 Å². The number of nitrogens with zero attached hydrogens (tertiary/aromatic N) is 3. The molecule has 1 saturated carbocycles. The highest BCUT2D eigenvalue weighted by Gasteiger charge is 2.47. The molecule has 0 bridgehead atoms. The van der Waals surface area contributed by atoms with Gasteiger partial charge in [-0.05, 0) is 24.2 Å². The van der Waals surface area contributed by atoms with E-state index in [-0.39, 0.29) is 17.3 Å². The molecular formula is C13H18N4O3S. The molecule has 1 N–H and O–H groups in total. The average molecular weight is 310 g/mol. The molecule has 2 heterocycles. The summed E-state index contributed by atoms with van der Waals surface area (Å²) in [6, 6.07) is -0.168. The van der Waals surface area contributed by atoms with Gasteiger partial charge < -0.3 is 9.64 Å². The third-order valence-corrected chi connectivity index (χ3v) is 5.20. The van der Waals surface area contributed by atoms with Crippen LogP contribution in [0.3, 0.4) is 0 Å². The van der Waals surface area contributed by atoms with Crippen molar-refractivity contribution in [2.75, 3.05) is 25.5 Å². The Kier molecular flexibility index (Phi) is 3.56. The molecule has 7 nitrogen and oxygen atoms in total. The van der Waals surface area contributed by atoms with E-state index in [1.807, 2.05) is 4.90 Å². The SMILES string of the molecule is COC(=O)c1nsc(NC(=O)N2CC3CCCC3(C)C2)n1. The Morgan fingerprint density at radius 3 is 3.05 bits per heavy atom. The largest absolute Gasteiger partial charge is 0.463 e. The number of esters is 1. The molecule has 1 aromatic rings. The number of anilines is 1. The van der Waals surface area contributed by atoms with Crippen LogP contribution in [0.25, 0.3) is 0 Å². The molecule has 2 fully saturated rings. The highest BCUT2D eigenvalue weighted by molar-refractivity contribution is 7.10. The Labute approximate surface area is 126 Å². The Bertz CT molecular complexity index is 576. The van der Waals surface area contributed by atoms with Gasteiger partial charge in [0.1, 0.15) is 0 Å². The van der Waals surface area contributed by atoms with Gasteiger partial charge in [0.2, 0.25) is 5.13 Å². The Balaban J connectivity index is 1.62. The summed E-state index contributed by atoms with van der Waals surface area (Å²) in [5.41, 5.74) is 0.260. The second-order valence-corrected chi connectivity index (χ2v) is 6.72. The molecule has 3 rings (SSSR count). The molecule has 1 aliphatic heterocycles. The molecule has 1 aromatic heterocycles. The molecule has 0 aromatic carbocycles. The minimum atomic E-state index is -0.602. The molecule has 0 radical (unpaired) electrons. The maximum atomic E-state index is 12.3. The van der Waals surface area contributed by atoms with Crippen LogP contribution in [0.2, 0.25) is 0 Å². The summed E-state index contributed by atoms with van der Waals surface area (Å²) in [4.78, 5) is 29.3. The number of amides is 2. The van der Waals surface area contributed by atoms with Crippen molar-refractivity contribution >= 4 is 28.7 Å². The highest BCUT2D eigenvalue weighted by Crippen LogP contribution is 2.48. The number of fused-ring (bicyclic) bond motifs is 1. The van der Waals surface area contributed by atoms with Crippen molar-refractivity contribution in [3.05, 3.63) is 5.82 Å². The number of ether oxygens (including phenoxy) is 1. The molecule has 21 heavy (non-hydrogen) atoms. The molecule has 114 valence electrons. The Hall–Kier alpha value is -1.70. The fraction of sp³-hybridized carbons (Fsp3) is 0.692. The minimum Gasteiger partial charge on any atom is -0.463 e. The van der Waals surface area contributed by atoms with Gasteiger partial charge in [0, 0.05) is 24.6 Å². The van der Waals surface area contributed by atoms with Crippen LogP contribution in [0.4, 0.5) is 9.93 Å². The predicted molar refractivity (Wildman–Crippen MR) is 77.3 cm³/mol. The van der Waals surface area contributed by atoms with Crippen LogP contribution < -0.4 is 5.32 Å². The van der Waals surface area contributed by atoms with Crippen molar-refractivity contribution in [3.8, 4) is 0 Å². The zero-order valence-corrected chi connectivity index (χ0v) is 12.9. The van der Waals surface area contributed by atoms with Crippen molar-refractivity contribution in [2.45, 2.75) is 26.2 Å². The fourth-order valence-corrected chi connectivity index (χ4v) is 3.91. The zero-order valence-electron chi connectivity index (χ0n) is 12.1. The minimum absolute atomic E-state index is 0.0250. The average Bonchev–Trinajstić information content (AvgIpc) is 3.11. The molecular weight excluding hydrogens is 292 g/mol. The van der Waals surface area contributed by atoms with E-state index in [2.05, 4.69) is 26.3 Å². The Morgan fingerprint density at radius 1 is 1.52 bits per heavy atom. The van der Waals surface area contributed by atoms with E-state index in [9.17, 15) is 9.59 Å². The van der Waals surface area contributed by atoms with E-state index in [0.29, 0.717) is 11.0 Å².